The quantitative estimate of drug-likeness (QED) is 0.472. The topological polar surface area (TPSA) is 127 Å². The van der Waals surface area contributed by atoms with Gasteiger partial charge in [-0.25, -0.2) is 0 Å². The van der Waals surface area contributed by atoms with Crippen LogP contribution in [0.2, 0.25) is 0 Å². The Morgan fingerprint density at radius 2 is 1.46 bits per heavy atom. The second-order valence-corrected chi connectivity index (χ2v) is 7.07. The molecule has 0 unspecified atom stereocenters. The lowest BCUT2D eigenvalue weighted by molar-refractivity contribution is -0.586. The van der Waals surface area contributed by atoms with Gasteiger partial charge in [-0.1, -0.05) is 56.1 Å². The third-order valence-corrected chi connectivity index (χ3v) is 4.42. The third kappa shape index (κ3) is 6.13. The second-order valence-electron chi connectivity index (χ2n) is 5.24. The lowest BCUT2D eigenvalue weighted by Crippen LogP contribution is -2.42. The summed E-state index contributed by atoms with van der Waals surface area (Å²) in [5.74, 6) is 0. The van der Waals surface area contributed by atoms with Crippen molar-refractivity contribution in [3.05, 3.63) is 88.8 Å². The lowest BCUT2D eigenvalue weighted by atomic mass is 9.92. The van der Waals surface area contributed by atoms with E-state index in [1.165, 1.54) is 12.1 Å². The van der Waals surface area contributed by atoms with Gasteiger partial charge in [0, 0.05) is 29.9 Å². The van der Waals surface area contributed by atoms with Gasteiger partial charge in [0.15, 0.2) is 0 Å². The van der Waals surface area contributed by atoms with Crippen molar-refractivity contribution in [1.82, 2.24) is 0 Å². The zero-order valence-corrected chi connectivity index (χ0v) is 16.6. The van der Waals surface area contributed by atoms with Gasteiger partial charge in [-0.15, -0.1) is 0 Å². The summed E-state index contributed by atoms with van der Waals surface area (Å²) >= 11 is 6.41. The Balaban J connectivity index is 0.000000273. The summed E-state index contributed by atoms with van der Waals surface area (Å²) in [5.41, 5.74) is -0.847. The van der Waals surface area contributed by atoms with Gasteiger partial charge in [0.05, 0.1) is 0 Å². The van der Waals surface area contributed by atoms with Gasteiger partial charge < -0.3 is 10.2 Å². The predicted molar refractivity (Wildman–Crippen MR) is 102 cm³/mol. The molecule has 0 fully saturated rings. The fourth-order valence-corrected chi connectivity index (χ4v) is 2.86. The molecule has 10 heteroatoms. The molecule has 0 atom stereocenters. The molecule has 0 aromatic heterocycles. The van der Waals surface area contributed by atoms with Crippen LogP contribution in [0.1, 0.15) is 11.1 Å². The van der Waals surface area contributed by atoms with Crippen LogP contribution < -0.4 is 0 Å². The molecule has 0 radical (unpaired) electrons. The van der Waals surface area contributed by atoms with Crippen molar-refractivity contribution >= 4 is 31.9 Å². The standard InChI is InChI=1S/C9H10BrNO4.C7H6BrNO2/c10-8-3-1-2-7(4-8)9(5-12,6-13)11(14)15;8-7-3-1-2-6(4-7)5-9(10)11/h1-4,12-13H,5-6H2;1-4H,5H2. The largest absolute Gasteiger partial charge is 0.388 e. The maximum Gasteiger partial charge on any atom is 0.292 e. The minimum Gasteiger partial charge on any atom is -0.388 e. The van der Waals surface area contributed by atoms with Crippen molar-refractivity contribution in [1.29, 1.82) is 0 Å². The average Bonchev–Trinajstić information content (AvgIpc) is 2.56. The number of hydrogen-bond donors (Lipinski definition) is 2. The van der Waals surface area contributed by atoms with Crippen molar-refractivity contribution in [2.24, 2.45) is 0 Å². The van der Waals surface area contributed by atoms with Gasteiger partial charge in [0.1, 0.15) is 13.2 Å². The highest BCUT2D eigenvalue weighted by Gasteiger charge is 2.44. The molecule has 0 saturated heterocycles. The molecule has 2 aromatic rings. The summed E-state index contributed by atoms with van der Waals surface area (Å²) in [5, 5.41) is 39.1. The van der Waals surface area contributed by atoms with E-state index >= 15 is 0 Å². The fourth-order valence-electron chi connectivity index (χ4n) is 2.02. The van der Waals surface area contributed by atoms with E-state index in [1.54, 1.807) is 30.3 Å². The number of hydrogen-bond acceptors (Lipinski definition) is 6. The summed E-state index contributed by atoms with van der Waals surface area (Å²) in [6.45, 7) is -1.60. The Morgan fingerprint density at radius 3 is 1.88 bits per heavy atom. The molecule has 8 nitrogen and oxygen atoms in total. The van der Waals surface area contributed by atoms with E-state index in [0.717, 1.165) is 4.47 Å². The monoisotopic (exact) mass is 490 g/mol. The van der Waals surface area contributed by atoms with Crippen LogP contribution >= 0.6 is 31.9 Å². The first kappa shape index (κ1) is 22.2. The Bertz CT molecular complexity index is 768. The van der Waals surface area contributed by atoms with E-state index in [9.17, 15) is 20.2 Å². The van der Waals surface area contributed by atoms with Crippen LogP contribution in [0.25, 0.3) is 0 Å². The first-order chi connectivity index (χ1) is 12.2. The Hall–Kier alpha value is -1.88. The maximum absolute atomic E-state index is 10.9. The fraction of sp³-hybridized carbons (Fsp3) is 0.250. The summed E-state index contributed by atoms with van der Waals surface area (Å²) in [7, 11) is 0. The number of halogens is 2. The normalized spacial score (nSPS) is 10.6. The van der Waals surface area contributed by atoms with E-state index in [4.69, 9.17) is 10.2 Å². The van der Waals surface area contributed by atoms with Crippen LogP contribution in [0.3, 0.4) is 0 Å². The molecule has 2 aromatic carbocycles. The Kier molecular flexibility index (Phi) is 8.79. The number of benzene rings is 2. The molecule has 2 N–H and O–H groups in total. The van der Waals surface area contributed by atoms with Crippen LogP contribution in [0.15, 0.2) is 57.5 Å². The third-order valence-electron chi connectivity index (χ3n) is 3.44. The van der Waals surface area contributed by atoms with Crippen LogP contribution in [0, 0.1) is 20.2 Å². The number of nitro groups is 2. The van der Waals surface area contributed by atoms with E-state index in [2.05, 4.69) is 31.9 Å². The maximum atomic E-state index is 10.9. The number of aliphatic hydroxyl groups excluding tert-OH is 2. The molecule has 0 bridgehead atoms. The molecular formula is C16H16Br2N2O6. The van der Waals surface area contributed by atoms with Gasteiger partial charge in [-0.3, -0.25) is 20.2 Å². The van der Waals surface area contributed by atoms with Gasteiger partial charge in [0.2, 0.25) is 6.54 Å². The molecule has 2 rings (SSSR count). The van der Waals surface area contributed by atoms with Gasteiger partial charge in [-0.05, 0) is 24.3 Å². The van der Waals surface area contributed by atoms with Crippen LogP contribution in [-0.2, 0) is 12.1 Å². The highest BCUT2D eigenvalue weighted by Crippen LogP contribution is 2.26. The zero-order chi connectivity index (χ0) is 19.7. The number of rotatable bonds is 6. The molecule has 0 amide bonds. The van der Waals surface area contributed by atoms with Crippen LogP contribution in [0.4, 0.5) is 0 Å². The van der Waals surface area contributed by atoms with E-state index in [-0.39, 0.29) is 17.0 Å². The molecule has 0 spiro atoms. The van der Waals surface area contributed by atoms with Gasteiger partial charge in [0.25, 0.3) is 5.54 Å². The average molecular weight is 492 g/mol. The molecule has 0 saturated carbocycles. The molecule has 0 aliphatic heterocycles. The highest BCUT2D eigenvalue weighted by molar-refractivity contribution is 9.10. The molecule has 0 aliphatic carbocycles. The van der Waals surface area contributed by atoms with Crippen molar-refractivity contribution < 1.29 is 20.1 Å². The van der Waals surface area contributed by atoms with Gasteiger partial charge in [-0.2, -0.15) is 0 Å². The number of aliphatic hydroxyl groups is 2. The van der Waals surface area contributed by atoms with Crippen molar-refractivity contribution in [3.63, 3.8) is 0 Å². The minimum atomic E-state index is -1.83. The van der Waals surface area contributed by atoms with Crippen molar-refractivity contribution in [2.75, 3.05) is 13.2 Å². The first-order valence-electron chi connectivity index (χ1n) is 7.23. The Labute approximate surface area is 166 Å². The summed E-state index contributed by atoms with van der Waals surface area (Å²) in [6, 6.07) is 13.4. The summed E-state index contributed by atoms with van der Waals surface area (Å²) in [6.07, 6.45) is 0. The smallest absolute Gasteiger partial charge is 0.292 e. The SMILES string of the molecule is O=[N+]([O-])C(CO)(CO)c1cccc(Br)c1.O=[N+]([O-])Cc1cccc(Br)c1. The van der Waals surface area contributed by atoms with E-state index in [1.807, 2.05) is 6.07 Å². The molecule has 0 aliphatic rings. The number of nitrogens with zero attached hydrogens (tertiary/aromatic N) is 2. The van der Waals surface area contributed by atoms with Crippen molar-refractivity contribution in [2.45, 2.75) is 12.1 Å². The van der Waals surface area contributed by atoms with E-state index in [0.29, 0.717) is 10.0 Å². The van der Waals surface area contributed by atoms with Crippen molar-refractivity contribution in [3.8, 4) is 0 Å². The molecular weight excluding hydrogens is 476 g/mol. The molecule has 140 valence electrons. The minimum absolute atomic E-state index is 0.112. The summed E-state index contributed by atoms with van der Waals surface area (Å²) in [4.78, 5) is 19.9. The van der Waals surface area contributed by atoms with Crippen LogP contribution in [0.5, 0.6) is 0 Å². The Morgan fingerprint density at radius 1 is 0.923 bits per heavy atom. The van der Waals surface area contributed by atoms with Gasteiger partial charge >= 0.3 is 0 Å². The zero-order valence-electron chi connectivity index (χ0n) is 13.4. The van der Waals surface area contributed by atoms with E-state index < -0.39 is 23.7 Å². The predicted octanol–water partition coefficient (Wildman–Crippen LogP) is 3.13. The first-order valence-corrected chi connectivity index (χ1v) is 8.82. The molecule has 0 heterocycles. The summed E-state index contributed by atoms with van der Waals surface area (Å²) < 4.78 is 1.53. The van der Waals surface area contributed by atoms with Crippen LogP contribution in [-0.4, -0.2) is 33.3 Å². The lowest BCUT2D eigenvalue weighted by Gasteiger charge is -2.21. The highest BCUT2D eigenvalue weighted by atomic mass is 79.9. The second kappa shape index (κ2) is 10.3. The molecule has 26 heavy (non-hydrogen) atoms.